The van der Waals surface area contributed by atoms with Gasteiger partial charge in [0, 0.05) is 36.7 Å². The van der Waals surface area contributed by atoms with Gasteiger partial charge in [-0.25, -0.2) is 0 Å². The Bertz CT molecular complexity index is 1030. The second-order valence-corrected chi connectivity index (χ2v) is 8.25. The van der Waals surface area contributed by atoms with E-state index in [9.17, 15) is 9.59 Å². The average molecular weight is 429 g/mol. The Kier molecular flexibility index (Phi) is 6.92. The molecule has 32 heavy (non-hydrogen) atoms. The molecule has 2 heterocycles. The quantitative estimate of drug-likeness (QED) is 0.625. The molecule has 4 rings (SSSR count). The summed E-state index contributed by atoms with van der Waals surface area (Å²) in [6.45, 7) is 1.47. The maximum absolute atomic E-state index is 12.9. The van der Waals surface area contributed by atoms with Crippen LogP contribution in [0.3, 0.4) is 0 Å². The molecule has 2 aromatic carbocycles. The van der Waals surface area contributed by atoms with E-state index in [1.165, 1.54) is 5.56 Å². The number of pyridine rings is 1. The van der Waals surface area contributed by atoms with Gasteiger partial charge < -0.3 is 16.0 Å². The highest BCUT2D eigenvalue weighted by Gasteiger charge is 2.27. The van der Waals surface area contributed by atoms with Crippen molar-refractivity contribution in [2.75, 3.05) is 18.4 Å². The topological polar surface area (TPSA) is 88.3 Å². The largest absolute Gasteiger partial charge is 0.341 e. The van der Waals surface area contributed by atoms with Crippen molar-refractivity contribution in [1.82, 2.24) is 9.88 Å². The van der Waals surface area contributed by atoms with Crippen LogP contribution in [0.15, 0.2) is 79.1 Å². The molecule has 164 valence electrons. The molecule has 1 atom stereocenters. The van der Waals surface area contributed by atoms with Crippen LogP contribution in [0.2, 0.25) is 0 Å². The zero-order chi connectivity index (χ0) is 22.3. The summed E-state index contributed by atoms with van der Waals surface area (Å²) in [7, 11) is 0. The van der Waals surface area contributed by atoms with Gasteiger partial charge in [0.1, 0.15) is 6.04 Å². The summed E-state index contributed by atoms with van der Waals surface area (Å²) >= 11 is 0. The molecule has 0 aliphatic carbocycles. The number of hydrogen-bond acceptors (Lipinski definition) is 4. The highest BCUT2D eigenvalue weighted by atomic mass is 16.2. The third-order valence-corrected chi connectivity index (χ3v) is 6.03. The third kappa shape index (κ3) is 5.39. The lowest BCUT2D eigenvalue weighted by molar-refractivity contribution is -0.134. The fourth-order valence-corrected chi connectivity index (χ4v) is 4.12. The van der Waals surface area contributed by atoms with Crippen LogP contribution in [0.5, 0.6) is 0 Å². The van der Waals surface area contributed by atoms with Gasteiger partial charge in [-0.1, -0.05) is 42.5 Å². The molecule has 6 heteroatoms. The molecule has 0 radical (unpaired) electrons. The van der Waals surface area contributed by atoms with Gasteiger partial charge in [0.15, 0.2) is 0 Å². The molecule has 6 nitrogen and oxygen atoms in total. The maximum atomic E-state index is 12.9. The second-order valence-electron chi connectivity index (χ2n) is 8.25. The lowest BCUT2D eigenvalue weighted by Crippen LogP contribution is -2.43. The van der Waals surface area contributed by atoms with Gasteiger partial charge in [0.05, 0.1) is 0 Å². The van der Waals surface area contributed by atoms with Gasteiger partial charge in [-0.15, -0.1) is 0 Å². The first kappa shape index (κ1) is 21.7. The minimum Gasteiger partial charge on any atom is -0.341 e. The zero-order valence-corrected chi connectivity index (χ0v) is 18.0. The predicted octanol–water partition coefficient (Wildman–Crippen LogP) is 3.82. The maximum Gasteiger partial charge on any atom is 0.255 e. The molecule has 1 fully saturated rings. The van der Waals surface area contributed by atoms with Crippen LogP contribution in [-0.2, 0) is 11.2 Å². The molecule has 1 aliphatic heterocycles. The second kappa shape index (κ2) is 10.2. The molecular weight excluding hydrogens is 400 g/mol. The van der Waals surface area contributed by atoms with Gasteiger partial charge in [0.2, 0.25) is 5.91 Å². The summed E-state index contributed by atoms with van der Waals surface area (Å²) in [4.78, 5) is 31.1. The van der Waals surface area contributed by atoms with Crippen molar-refractivity contribution in [3.05, 3.63) is 95.8 Å². The van der Waals surface area contributed by atoms with Crippen LogP contribution < -0.4 is 11.1 Å². The van der Waals surface area contributed by atoms with E-state index in [1.54, 1.807) is 48.8 Å². The molecule has 1 aromatic heterocycles. The number of benzene rings is 2. The number of nitrogens with two attached hydrogens (primary N) is 1. The number of aromatic nitrogens is 1. The molecule has 1 saturated heterocycles. The number of nitrogens with zero attached hydrogens (tertiary/aromatic N) is 2. The Hall–Kier alpha value is -3.51. The standard InChI is InChI=1S/C26H28N4O2/c27-24(21-6-8-22(9-7-21)25(31)29-23-10-14-28-15-11-23)26(32)30-16-12-20(13-17-30)18-19-4-2-1-3-5-19/h1-11,14-15,20,24H,12-13,16-18,27H2,(H,28,29,31). The van der Waals surface area contributed by atoms with E-state index in [0.29, 0.717) is 22.7 Å². The van der Waals surface area contributed by atoms with Crippen LogP contribution in [0, 0.1) is 5.92 Å². The molecule has 2 amide bonds. The third-order valence-electron chi connectivity index (χ3n) is 6.03. The van der Waals surface area contributed by atoms with Crippen molar-refractivity contribution < 1.29 is 9.59 Å². The number of rotatable bonds is 6. The molecule has 0 saturated carbocycles. The van der Waals surface area contributed by atoms with E-state index >= 15 is 0 Å². The molecule has 1 unspecified atom stereocenters. The Morgan fingerprint density at radius 1 is 0.969 bits per heavy atom. The van der Waals surface area contributed by atoms with Gasteiger partial charge in [-0.3, -0.25) is 14.6 Å². The number of piperidine rings is 1. The van der Waals surface area contributed by atoms with Crippen LogP contribution >= 0.6 is 0 Å². The Morgan fingerprint density at radius 3 is 2.28 bits per heavy atom. The van der Waals surface area contributed by atoms with Crippen LogP contribution in [0.25, 0.3) is 0 Å². The molecule has 3 N–H and O–H groups in total. The van der Waals surface area contributed by atoms with E-state index in [0.717, 1.165) is 32.4 Å². The minimum absolute atomic E-state index is 0.0582. The van der Waals surface area contributed by atoms with E-state index in [2.05, 4.69) is 34.6 Å². The number of nitrogens with one attached hydrogen (secondary N) is 1. The summed E-state index contributed by atoms with van der Waals surface area (Å²) < 4.78 is 0. The highest BCUT2D eigenvalue weighted by Crippen LogP contribution is 2.24. The summed E-state index contributed by atoms with van der Waals surface area (Å²) in [6.07, 6.45) is 6.27. The van der Waals surface area contributed by atoms with Crippen molar-refractivity contribution in [3.8, 4) is 0 Å². The van der Waals surface area contributed by atoms with E-state index in [-0.39, 0.29) is 11.8 Å². The fourth-order valence-electron chi connectivity index (χ4n) is 4.12. The van der Waals surface area contributed by atoms with Crippen molar-refractivity contribution in [2.24, 2.45) is 11.7 Å². The smallest absolute Gasteiger partial charge is 0.255 e. The number of carbonyl (C=O) groups excluding carboxylic acids is 2. The molecule has 0 bridgehead atoms. The molecule has 3 aromatic rings. The number of carbonyl (C=O) groups is 2. The first-order valence-corrected chi connectivity index (χ1v) is 11.0. The summed E-state index contributed by atoms with van der Waals surface area (Å²) in [5, 5.41) is 2.82. The van der Waals surface area contributed by atoms with E-state index in [1.807, 2.05) is 11.0 Å². The summed E-state index contributed by atoms with van der Waals surface area (Å²) in [5.41, 5.74) is 9.52. The van der Waals surface area contributed by atoms with Gasteiger partial charge in [0.25, 0.3) is 5.91 Å². The van der Waals surface area contributed by atoms with Gasteiger partial charge in [-0.2, -0.15) is 0 Å². The van der Waals surface area contributed by atoms with Crippen molar-refractivity contribution in [3.63, 3.8) is 0 Å². The van der Waals surface area contributed by atoms with E-state index in [4.69, 9.17) is 5.73 Å². The first-order valence-electron chi connectivity index (χ1n) is 11.0. The van der Waals surface area contributed by atoms with Crippen molar-refractivity contribution >= 4 is 17.5 Å². The lowest BCUT2D eigenvalue weighted by atomic mass is 9.90. The number of anilines is 1. The zero-order valence-electron chi connectivity index (χ0n) is 18.0. The number of hydrogen-bond donors (Lipinski definition) is 2. The fraction of sp³-hybridized carbons (Fsp3) is 0.269. The predicted molar refractivity (Wildman–Crippen MR) is 125 cm³/mol. The molecular formula is C26H28N4O2. The lowest BCUT2D eigenvalue weighted by Gasteiger charge is -2.33. The summed E-state index contributed by atoms with van der Waals surface area (Å²) in [6, 6.07) is 20.1. The van der Waals surface area contributed by atoms with E-state index < -0.39 is 6.04 Å². The highest BCUT2D eigenvalue weighted by molar-refractivity contribution is 6.04. The van der Waals surface area contributed by atoms with Gasteiger partial charge >= 0.3 is 0 Å². The minimum atomic E-state index is -0.724. The SMILES string of the molecule is NC(C(=O)N1CCC(Cc2ccccc2)CC1)c1ccc(C(=O)Nc2ccncc2)cc1. The Labute approximate surface area is 188 Å². The Morgan fingerprint density at radius 2 is 1.62 bits per heavy atom. The molecule has 0 spiro atoms. The van der Waals surface area contributed by atoms with Gasteiger partial charge in [-0.05, 0) is 60.6 Å². The number of amides is 2. The van der Waals surface area contributed by atoms with Crippen LogP contribution in [0.4, 0.5) is 5.69 Å². The normalized spacial score (nSPS) is 15.2. The van der Waals surface area contributed by atoms with Crippen molar-refractivity contribution in [1.29, 1.82) is 0 Å². The van der Waals surface area contributed by atoms with Crippen molar-refractivity contribution in [2.45, 2.75) is 25.3 Å². The molecule has 1 aliphatic rings. The number of likely N-dealkylation sites (tertiary alicyclic amines) is 1. The first-order chi connectivity index (χ1) is 15.6. The van der Waals surface area contributed by atoms with Crippen LogP contribution in [-0.4, -0.2) is 34.8 Å². The average Bonchev–Trinajstić information content (AvgIpc) is 2.85. The van der Waals surface area contributed by atoms with Crippen LogP contribution in [0.1, 0.15) is 40.4 Å². The Balaban J connectivity index is 1.30. The monoisotopic (exact) mass is 428 g/mol. The summed E-state index contributed by atoms with van der Waals surface area (Å²) in [5.74, 6) is 0.316.